The van der Waals surface area contributed by atoms with Crippen molar-refractivity contribution in [2.45, 2.75) is 51.6 Å². The van der Waals surface area contributed by atoms with E-state index in [2.05, 4.69) is 16.4 Å². The molecule has 1 aromatic heterocycles. The number of carbonyl (C=O) groups is 1. The van der Waals surface area contributed by atoms with Crippen LogP contribution in [0.4, 0.5) is 0 Å². The van der Waals surface area contributed by atoms with Crippen molar-refractivity contribution in [1.82, 2.24) is 15.2 Å². The first-order valence-corrected chi connectivity index (χ1v) is 9.83. The normalized spacial score (nSPS) is 17.0. The Morgan fingerprint density at radius 2 is 2.29 bits per heavy atom. The number of oxazole rings is 1. The van der Waals surface area contributed by atoms with Gasteiger partial charge in [-0.1, -0.05) is 17.7 Å². The number of carbonyl (C=O) groups excluding carboxylic acids is 1. The Balaban J connectivity index is 1.64. The van der Waals surface area contributed by atoms with Crippen LogP contribution in [0.3, 0.4) is 0 Å². The highest BCUT2D eigenvalue weighted by molar-refractivity contribution is 6.30. The molecule has 1 aromatic carbocycles. The van der Waals surface area contributed by atoms with Crippen LogP contribution in [0.1, 0.15) is 38.1 Å². The SMILES string of the molecule is Cc1oc(-c2cccc(Cl)c2)nc1CC(C)(C)NCC(=O)N1CCC[C@H]1C#N. The number of benzene rings is 1. The minimum atomic E-state index is -0.356. The molecule has 1 fully saturated rings. The van der Waals surface area contributed by atoms with E-state index in [-0.39, 0.29) is 24.0 Å². The van der Waals surface area contributed by atoms with Gasteiger partial charge < -0.3 is 14.6 Å². The van der Waals surface area contributed by atoms with Crippen molar-refractivity contribution in [3.63, 3.8) is 0 Å². The highest BCUT2D eigenvalue weighted by Gasteiger charge is 2.30. The van der Waals surface area contributed by atoms with Gasteiger partial charge in [0.15, 0.2) is 0 Å². The lowest BCUT2D eigenvalue weighted by atomic mass is 9.97. The quantitative estimate of drug-likeness (QED) is 0.798. The standard InChI is InChI=1S/C21H25ClN4O2/c1-14-18(25-20(28-14)15-6-4-7-16(22)10-15)11-21(2,3)24-13-19(27)26-9-5-8-17(26)12-23/h4,6-7,10,17,24H,5,8-9,11,13H2,1-3H3/t17-/m0/s1. The summed E-state index contributed by atoms with van der Waals surface area (Å²) < 4.78 is 5.83. The Kier molecular flexibility index (Phi) is 6.07. The zero-order valence-corrected chi connectivity index (χ0v) is 17.2. The summed E-state index contributed by atoms with van der Waals surface area (Å²) in [5, 5.41) is 13.1. The van der Waals surface area contributed by atoms with Gasteiger partial charge in [-0.15, -0.1) is 0 Å². The molecule has 148 valence electrons. The fraction of sp³-hybridized carbons (Fsp3) is 0.476. The van der Waals surface area contributed by atoms with E-state index in [0.29, 0.717) is 23.9 Å². The van der Waals surface area contributed by atoms with Crippen molar-refractivity contribution in [3.8, 4) is 17.5 Å². The van der Waals surface area contributed by atoms with E-state index in [1.807, 2.05) is 45.0 Å². The predicted molar refractivity (Wildman–Crippen MR) is 108 cm³/mol. The summed E-state index contributed by atoms with van der Waals surface area (Å²) in [7, 11) is 0. The number of halogens is 1. The summed E-state index contributed by atoms with van der Waals surface area (Å²) in [6.07, 6.45) is 2.26. The third kappa shape index (κ3) is 4.73. The smallest absolute Gasteiger partial charge is 0.237 e. The first kappa shape index (κ1) is 20.4. The predicted octanol–water partition coefficient (Wildman–Crippen LogP) is 3.73. The largest absolute Gasteiger partial charge is 0.441 e. The van der Waals surface area contributed by atoms with E-state index >= 15 is 0 Å². The zero-order valence-electron chi connectivity index (χ0n) is 16.5. The van der Waals surface area contributed by atoms with E-state index in [0.717, 1.165) is 29.9 Å². The van der Waals surface area contributed by atoms with E-state index in [9.17, 15) is 4.79 Å². The number of aromatic nitrogens is 1. The number of nitrogens with one attached hydrogen (secondary N) is 1. The molecule has 1 atom stereocenters. The van der Waals surface area contributed by atoms with E-state index in [1.54, 1.807) is 4.90 Å². The molecule has 0 unspecified atom stereocenters. The lowest BCUT2D eigenvalue weighted by molar-refractivity contribution is -0.130. The molecule has 1 aliphatic heterocycles. The maximum absolute atomic E-state index is 12.5. The summed E-state index contributed by atoms with van der Waals surface area (Å²) in [5.74, 6) is 1.25. The molecule has 1 N–H and O–H groups in total. The Labute approximate surface area is 170 Å². The van der Waals surface area contributed by atoms with Gasteiger partial charge >= 0.3 is 0 Å². The van der Waals surface area contributed by atoms with Crippen LogP contribution >= 0.6 is 11.6 Å². The molecular formula is C21H25ClN4O2. The van der Waals surface area contributed by atoms with Gasteiger partial charge in [-0.3, -0.25) is 4.79 Å². The first-order chi connectivity index (χ1) is 13.3. The molecule has 28 heavy (non-hydrogen) atoms. The number of hydrogen-bond acceptors (Lipinski definition) is 5. The average molecular weight is 401 g/mol. The van der Waals surface area contributed by atoms with Crippen LogP contribution in [0.25, 0.3) is 11.5 Å². The summed E-state index contributed by atoms with van der Waals surface area (Å²) in [6, 6.07) is 9.31. The lowest BCUT2D eigenvalue weighted by Gasteiger charge is -2.27. The monoisotopic (exact) mass is 400 g/mol. The molecule has 6 nitrogen and oxygen atoms in total. The van der Waals surface area contributed by atoms with Crippen LogP contribution < -0.4 is 5.32 Å². The molecule has 0 aliphatic carbocycles. The van der Waals surface area contributed by atoms with Crippen LogP contribution in [0.5, 0.6) is 0 Å². The van der Waals surface area contributed by atoms with Gasteiger partial charge in [-0.25, -0.2) is 4.98 Å². The third-order valence-electron chi connectivity index (χ3n) is 5.01. The number of amides is 1. The van der Waals surface area contributed by atoms with Gasteiger partial charge in [-0.05, 0) is 51.8 Å². The van der Waals surface area contributed by atoms with Crippen LogP contribution in [0, 0.1) is 18.3 Å². The fourth-order valence-corrected chi connectivity index (χ4v) is 3.62. The van der Waals surface area contributed by atoms with Gasteiger partial charge in [0.1, 0.15) is 11.8 Å². The molecule has 2 heterocycles. The molecule has 2 aromatic rings. The second-order valence-corrected chi connectivity index (χ2v) is 8.26. The second-order valence-electron chi connectivity index (χ2n) is 7.82. The molecule has 0 saturated carbocycles. The minimum Gasteiger partial charge on any atom is -0.441 e. The van der Waals surface area contributed by atoms with Crippen molar-refractivity contribution in [1.29, 1.82) is 5.26 Å². The van der Waals surface area contributed by atoms with Crippen molar-refractivity contribution in [2.75, 3.05) is 13.1 Å². The highest BCUT2D eigenvalue weighted by Crippen LogP contribution is 2.26. The molecule has 1 amide bonds. The number of likely N-dealkylation sites (tertiary alicyclic amines) is 1. The second kappa shape index (κ2) is 8.34. The highest BCUT2D eigenvalue weighted by atomic mass is 35.5. The van der Waals surface area contributed by atoms with Crippen molar-refractivity contribution >= 4 is 17.5 Å². The molecule has 1 saturated heterocycles. The molecule has 0 radical (unpaired) electrons. The first-order valence-electron chi connectivity index (χ1n) is 9.45. The number of nitriles is 1. The Bertz CT molecular complexity index is 900. The van der Waals surface area contributed by atoms with Crippen molar-refractivity contribution in [3.05, 3.63) is 40.7 Å². The molecule has 3 rings (SSSR count). The summed E-state index contributed by atoms with van der Waals surface area (Å²) in [4.78, 5) is 18.8. The summed E-state index contributed by atoms with van der Waals surface area (Å²) in [5.41, 5.74) is 1.32. The average Bonchev–Trinajstić information content (AvgIpc) is 3.26. The van der Waals surface area contributed by atoms with Crippen LogP contribution in [0.2, 0.25) is 5.02 Å². The molecule has 1 aliphatic rings. The molecular weight excluding hydrogens is 376 g/mol. The van der Waals surface area contributed by atoms with Gasteiger partial charge in [0.2, 0.25) is 11.8 Å². The number of nitrogens with zero attached hydrogens (tertiary/aromatic N) is 3. The van der Waals surface area contributed by atoms with E-state index in [4.69, 9.17) is 21.3 Å². The Morgan fingerprint density at radius 3 is 3.00 bits per heavy atom. The zero-order chi connectivity index (χ0) is 20.3. The number of aryl methyl sites for hydroxylation is 1. The topological polar surface area (TPSA) is 82.2 Å². The lowest BCUT2D eigenvalue weighted by Crippen LogP contribution is -2.48. The van der Waals surface area contributed by atoms with Crippen LogP contribution in [-0.4, -0.2) is 40.5 Å². The maximum Gasteiger partial charge on any atom is 0.237 e. The van der Waals surface area contributed by atoms with Gasteiger partial charge in [0.05, 0.1) is 18.3 Å². The summed E-state index contributed by atoms with van der Waals surface area (Å²) >= 11 is 6.06. The fourth-order valence-electron chi connectivity index (χ4n) is 3.43. The Morgan fingerprint density at radius 1 is 1.50 bits per heavy atom. The molecule has 0 spiro atoms. The number of rotatable bonds is 6. The van der Waals surface area contributed by atoms with Gasteiger partial charge in [-0.2, -0.15) is 5.26 Å². The van der Waals surface area contributed by atoms with Crippen LogP contribution in [0.15, 0.2) is 28.7 Å². The minimum absolute atomic E-state index is 0.0337. The maximum atomic E-state index is 12.5. The van der Waals surface area contributed by atoms with Crippen LogP contribution in [-0.2, 0) is 11.2 Å². The van der Waals surface area contributed by atoms with Gasteiger partial charge in [0, 0.05) is 29.1 Å². The molecule has 7 heteroatoms. The van der Waals surface area contributed by atoms with Crippen molar-refractivity contribution in [2.24, 2.45) is 0 Å². The van der Waals surface area contributed by atoms with Gasteiger partial charge in [0.25, 0.3) is 0 Å². The summed E-state index contributed by atoms with van der Waals surface area (Å²) in [6.45, 7) is 6.80. The van der Waals surface area contributed by atoms with Crippen molar-refractivity contribution < 1.29 is 9.21 Å². The Hall–Kier alpha value is -2.36. The third-order valence-corrected chi connectivity index (χ3v) is 5.25. The molecule has 0 bridgehead atoms. The van der Waals surface area contributed by atoms with E-state index in [1.165, 1.54) is 0 Å². The number of hydrogen-bond donors (Lipinski definition) is 1. The van der Waals surface area contributed by atoms with E-state index < -0.39 is 0 Å².